The van der Waals surface area contributed by atoms with E-state index in [0.717, 1.165) is 19.3 Å². The highest BCUT2D eigenvalue weighted by molar-refractivity contribution is 7.48. The highest BCUT2D eigenvalue weighted by Gasteiger charge is 2.26. The summed E-state index contributed by atoms with van der Waals surface area (Å²) in [7, 11) is -3.72. The molecule has 8 heteroatoms. The van der Waals surface area contributed by atoms with Crippen LogP contribution in [0.3, 0.4) is 0 Å². The van der Waals surface area contributed by atoms with Gasteiger partial charge in [0.2, 0.25) is 0 Å². The lowest BCUT2D eigenvalue weighted by Gasteiger charge is -2.18. The Balaban J connectivity index is 4.08. The summed E-state index contributed by atoms with van der Waals surface area (Å²) in [6.45, 7) is 10.6. The number of rotatable bonds is 48. The van der Waals surface area contributed by atoms with Gasteiger partial charge in [0, 0.05) is 19.8 Å². The zero-order valence-electron chi connectivity index (χ0n) is 36.0. The maximum absolute atomic E-state index is 13.4. The lowest BCUT2D eigenvalue weighted by molar-refractivity contribution is 0.0327. The van der Waals surface area contributed by atoms with E-state index in [4.69, 9.17) is 27.8 Å². The van der Waals surface area contributed by atoms with E-state index in [-0.39, 0.29) is 19.8 Å². The van der Waals surface area contributed by atoms with Crippen LogP contribution in [-0.4, -0.2) is 59.5 Å². The Morgan fingerprint density at radius 2 is 0.434 bits per heavy atom. The molecule has 53 heavy (non-hydrogen) atoms. The Labute approximate surface area is 331 Å². The maximum Gasteiger partial charge on any atom is 0.475 e. The second-order valence-corrected chi connectivity index (χ2v) is 17.1. The standard InChI is InChI=1S/C45H93O7P/c1-4-7-10-13-16-19-22-25-28-31-34-37-47-40-43-50-53(46,51-44-41-48-38-35-32-29-26-23-20-17-14-11-8-5-2)52-45-42-49-39-36-33-30-27-24-21-18-15-12-9-6-3/h4-45H2,1-3H3. The molecule has 0 unspecified atom stereocenters. The molecule has 7 nitrogen and oxygen atoms in total. The van der Waals surface area contributed by atoms with Crippen LogP contribution >= 0.6 is 7.82 Å². The molecule has 0 bridgehead atoms. The number of unbranched alkanes of at least 4 members (excludes halogenated alkanes) is 30. The summed E-state index contributed by atoms with van der Waals surface area (Å²) in [4.78, 5) is 0. The van der Waals surface area contributed by atoms with Crippen LogP contribution < -0.4 is 0 Å². The topological polar surface area (TPSA) is 72.5 Å². The van der Waals surface area contributed by atoms with Gasteiger partial charge >= 0.3 is 7.82 Å². The summed E-state index contributed by atoms with van der Waals surface area (Å²) < 4.78 is 47.6. The first-order valence-corrected chi connectivity index (χ1v) is 24.9. The third-order valence-corrected chi connectivity index (χ3v) is 11.6. The van der Waals surface area contributed by atoms with Gasteiger partial charge in [-0.05, 0) is 19.3 Å². The van der Waals surface area contributed by atoms with Gasteiger partial charge in [-0.1, -0.05) is 213 Å². The number of hydrogen-bond donors (Lipinski definition) is 0. The quantitative estimate of drug-likeness (QED) is 0.0450. The molecule has 0 aromatic carbocycles. The van der Waals surface area contributed by atoms with Crippen molar-refractivity contribution in [1.29, 1.82) is 0 Å². The van der Waals surface area contributed by atoms with Crippen molar-refractivity contribution in [3.8, 4) is 0 Å². The monoisotopic (exact) mass is 777 g/mol. The van der Waals surface area contributed by atoms with Gasteiger partial charge in [0.25, 0.3) is 0 Å². The van der Waals surface area contributed by atoms with E-state index in [0.29, 0.717) is 39.6 Å². The first-order valence-electron chi connectivity index (χ1n) is 23.4. The molecule has 0 spiro atoms. The van der Waals surface area contributed by atoms with Crippen molar-refractivity contribution in [1.82, 2.24) is 0 Å². The first kappa shape index (κ1) is 53.0. The lowest BCUT2D eigenvalue weighted by atomic mass is 10.1. The van der Waals surface area contributed by atoms with Gasteiger partial charge in [-0.3, -0.25) is 13.6 Å². The summed E-state index contributed by atoms with van der Waals surface area (Å²) in [6.07, 6.45) is 43.3. The predicted molar refractivity (Wildman–Crippen MR) is 227 cm³/mol. The fraction of sp³-hybridized carbons (Fsp3) is 1.00. The number of ether oxygens (including phenoxy) is 3. The molecule has 0 aliphatic heterocycles. The summed E-state index contributed by atoms with van der Waals surface area (Å²) >= 11 is 0. The first-order chi connectivity index (χ1) is 26.2. The Morgan fingerprint density at radius 1 is 0.245 bits per heavy atom. The van der Waals surface area contributed by atoms with E-state index in [1.807, 2.05) is 0 Å². The lowest BCUT2D eigenvalue weighted by Crippen LogP contribution is -2.12. The van der Waals surface area contributed by atoms with E-state index < -0.39 is 7.82 Å². The Bertz CT molecular complexity index is 620. The molecule has 0 amide bonds. The molecule has 0 aromatic heterocycles. The molecule has 0 N–H and O–H groups in total. The van der Waals surface area contributed by atoms with Crippen LogP contribution in [0, 0.1) is 0 Å². The van der Waals surface area contributed by atoms with Gasteiger partial charge in [0.15, 0.2) is 0 Å². The Hall–Kier alpha value is -0.0100. The summed E-state index contributed by atoms with van der Waals surface area (Å²) in [6, 6.07) is 0. The van der Waals surface area contributed by atoms with Crippen LogP contribution in [0.2, 0.25) is 0 Å². The largest absolute Gasteiger partial charge is 0.475 e. The second kappa shape index (κ2) is 46.4. The second-order valence-electron chi connectivity index (χ2n) is 15.4. The van der Waals surface area contributed by atoms with Crippen LogP contribution in [0.4, 0.5) is 0 Å². The van der Waals surface area contributed by atoms with Gasteiger partial charge < -0.3 is 14.2 Å². The predicted octanol–water partition coefficient (Wildman–Crippen LogP) is 15.1. The number of phosphoric ester groups is 1. The molecule has 0 saturated carbocycles. The Morgan fingerprint density at radius 3 is 0.642 bits per heavy atom. The SMILES string of the molecule is CCCCCCCCCCCCCOCCOP(=O)(OCCOCCCCCCCCCCCCC)OCCOCCCCCCCCCCCCC. The molecule has 0 heterocycles. The maximum atomic E-state index is 13.4. The van der Waals surface area contributed by atoms with Gasteiger partial charge in [0.05, 0.1) is 39.6 Å². The molecule has 0 saturated heterocycles. The smallest absolute Gasteiger partial charge is 0.379 e. The minimum Gasteiger partial charge on any atom is -0.379 e. The zero-order valence-corrected chi connectivity index (χ0v) is 36.9. The molecule has 320 valence electrons. The van der Waals surface area contributed by atoms with Crippen molar-refractivity contribution in [2.75, 3.05) is 59.5 Å². The van der Waals surface area contributed by atoms with E-state index in [1.165, 1.54) is 193 Å². The van der Waals surface area contributed by atoms with Gasteiger partial charge in [0.1, 0.15) is 0 Å². The van der Waals surface area contributed by atoms with Gasteiger partial charge in [-0.15, -0.1) is 0 Å². The summed E-state index contributed by atoms with van der Waals surface area (Å²) in [5.41, 5.74) is 0. The van der Waals surface area contributed by atoms with E-state index in [9.17, 15) is 4.57 Å². The van der Waals surface area contributed by atoms with E-state index in [2.05, 4.69) is 20.8 Å². The van der Waals surface area contributed by atoms with Crippen LogP contribution in [0.15, 0.2) is 0 Å². The number of hydrogen-bond acceptors (Lipinski definition) is 7. The molecule has 0 radical (unpaired) electrons. The zero-order chi connectivity index (χ0) is 38.4. The Kier molecular flexibility index (Phi) is 46.4. The summed E-state index contributed by atoms with van der Waals surface area (Å²) in [5.74, 6) is 0. The van der Waals surface area contributed by atoms with Gasteiger partial charge in [-0.2, -0.15) is 0 Å². The average Bonchev–Trinajstić information content (AvgIpc) is 3.16. The van der Waals surface area contributed by atoms with Crippen molar-refractivity contribution in [3.63, 3.8) is 0 Å². The molecule has 0 fully saturated rings. The molecule has 0 aliphatic rings. The number of phosphoric acid groups is 1. The summed E-state index contributed by atoms with van der Waals surface area (Å²) in [5, 5.41) is 0. The van der Waals surface area contributed by atoms with Crippen LogP contribution in [0.25, 0.3) is 0 Å². The normalized spacial score (nSPS) is 12.0. The fourth-order valence-corrected chi connectivity index (χ4v) is 7.77. The van der Waals surface area contributed by atoms with E-state index in [1.54, 1.807) is 0 Å². The highest BCUT2D eigenvalue weighted by Crippen LogP contribution is 2.49. The van der Waals surface area contributed by atoms with Crippen LogP contribution in [-0.2, 0) is 32.3 Å². The molecule has 0 rings (SSSR count). The van der Waals surface area contributed by atoms with Crippen molar-refractivity contribution >= 4 is 7.82 Å². The van der Waals surface area contributed by atoms with Crippen LogP contribution in [0.5, 0.6) is 0 Å². The van der Waals surface area contributed by atoms with E-state index >= 15 is 0 Å². The third-order valence-electron chi connectivity index (χ3n) is 10.1. The molecular weight excluding hydrogens is 683 g/mol. The van der Waals surface area contributed by atoms with Crippen LogP contribution in [0.1, 0.15) is 233 Å². The van der Waals surface area contributed by atoms with Crippen molar-refractivity contribution in [3.05, 3.63) is 0 Å². The van der Waals surface area contributed by atoms with Crippen molar-refractivity contribution in [2.24, 2.45) is 0 Å². The molecular formula is C45H93O7P. The van der Waals surface area contributed by atoms with Crippen molar-refractivity contribution < 1.29 is 32.3 Å². The van der Waals surface area contributed by atoms with Gasteiger partial charge in [-0.25, -0.2) is 4.57 Å². The minimum atomic E-state index is -3.72. The highest BCUT2D eigenvalue weighted by atomic mass is 31.2. The van der Waals surface area contributed by atoms with Crippen molar-refractivity contribution in [2.45, 2.75) is 233 Å². The third kappa shape index (κ3) is 44.6. The average molecular weight is 777 g/mol. The minimum absolute atomic E-state index is 0.175. The molecule has 0 aromatic rings. The molecule has 0 aliphatic carbocycles. The fourth-order valence-electron chi connectivity index (χ4n) is 6.65. The molecule has 0 atom stereocenters.